The molecule has 0 aromatic carbocycles. The van der Waals surface area contributed by atoms with Crippen LogP contribution < -0.4 is 9.47 Å². The van der Waals surface area contributed by atoms with E-state index in [0.717, 1.165) is 37.6 Å². The fourth-order valence-electron chi connectivity index (χ4n) is 1.84. The van der Waals surface area contributed by atoms with Gasteiger partial charge in [-0.15, -0.1) is 11.3 Å². The zero-order valence-electron chi connectivity index (χ0n) is 15.5. The van der Waals surface area contributed by atoms with Crippen LogP contribution in [0.5, 0.6) is 11.5 Å². The standard InChI is InChI=1S/C18H32O6S/c1-3-5-19-7-9-21-11-13-23-17-15-25-16-18(17)24-14-12-22-10-8-20-6-4-2/h15-16H,3-14H2,1-2H3. The van der Waals surface area contributed by atoms with Gasteiger partial charge in [0.2, 0.25) is 0 Å². The molecule has 0 radical (unpaired) electrons. The summed E-state index contributed by atoms with van der Waals surface area (Å²) in [6.07, 6.45) is 2.06. The largest absolute Gasteiger partial charge is 0.486 e. The third-order valence-electron chi connectivity index (χ3n) is 3.00. The average molecular weight is 377 g/mol. The minimum absolute atomic E-state index is 0.492. The fourth-order valence-corrected chi connectivity index (χ4v) is 2.52. The smallest absolute Gasteiger partial charge is 0.171 e. The SMILES string of the molecule is CCCOCCOCCOc1cscc1OCCOCCOCCC. The molecule has 1 rings (SSSR count). The van der Waals surface area contributed by atoms with Gasteiger partial charge in [-0.2, -0.15) is 0 Å². The van der Waals surface area contributed by atoms with E-state index in [9.17, 15) is 0 Å². The highest BCUT2D eigenvalue weighted by atomic mass is 32.1. The molecule has 6 nitrogen and oxygen atoms in total. The first-order valence-corrected chi connectivity index (χ1v) is 9.95. The molecule has 0 bridgehead atoms. The molecular formula is C18H32O6S. The Balaban J connectivity index is 2.00. The molecule has 0 aliphatic rings. The van der Waals surface area contributed by atoms with Crippen molar-refractivity contribution in [3.8, 4) is 11.5 Å². The maximum atomic E-state index is 5.69. The maximum absolute atomic E-state index is 5.69. The molecule has 25 heavy (non-hydrogen) atoms. The summed E-state index contributed by atoms with van der Waals surface area (Å²) in [7, 11) is 0. The van der Waals surface area contributed by atoms with Gasteiger partial charge in [0.15, 0.2) is 11.5 Å². The average Bonchev–Trinajstić information content (AvgIpc) is 3.07. The van der Waals surface area contributed by atoms with Crippen LogP contribution in [-0.2, 0) is 18.9 Å². The number of rotatable bonds is 18. The summed E-state index contributed by atoms with van der Waals surface area (Å²) in [5.74, 6) is 1.50. The van der Waals surface area contributed by atoms with Gasteiger partial charge in [-0.05, 0) is 12.8 Å². The van der Waals surface area contributed by atoms with Crippen molar-refractivity contribution in [3.05, 3.63) is 10.8 Å². The van der Waals surface area contributed by atoms with Crippen molar-refractivity contribution in [2.75, 3.05) is 66.1 Å². The van der Waals surface area contributed by atoms with Crippen molar-refractivity contribution < 1.29 is 28.4 Å². The minimum atomic E-state index is 0.492. The molecule has 0 spiro atoms. The van der Waals surface area contributed by atoms with Crippen molar-refractivity contribution in [1.29, 1.82) is 0 Å². The van der Waals surface area contributed by atoms with E-state index in [4.69, 9.17) is 28.4 Å². The molecule has 0 aliphatic heterocycles. The van der Waals surface area contributed by atoms with E-state index in [2.05, 4.69) is 13.8 Å². The Labute approximate surface area is 155 Å². The van der Waals surface area contributed by atoms with Crippen molar-refractivity contribution in [2.24, 2.45) is 0 Å². The molecule has 0 saturated carbocycles. The second kappa shape index (κ2) is 16.6. The van der Waals surface area contributed by atoms with Crippen LogP contribution in [0, 0.1) is 0 Å². The van der Waals surface area contributed by atoms with Crippen molar-refractivity contribution in [2.45, 2.75) is 26.7 Å². The Morgan fingerprint density at radius 2 is 0.920 bits per heavy atom. The molecule has 1 aromatic heterocycles. The van der Waals surface area contributed by atoms with Crippen LogP contribution in [0.1, 0.15) is 26.7 Å². The van der Waals surface area contributed by atoms with E-state index in [1.807, 2.05) is 10.8 Å². The summed E-state index contributed by atoms with van der Waals surface area (Å²) in [6, 6.07) is 0. The molecule has 0 saturated heterocycles. The third kappa shape index (κ3) is 12.2. The molecule has 0 amide bonds. The van der Waals surface area contributed by atoms with Crippen LogP contribution in [0.25, 0.3) is 0 Å². The molecule has 1 heterocycles. The maximum Gasteiger partial charge on any atom is 0.171 e. The van der Waals surface area contributed by atoms with Crippen LogP contribution in [0.15, 0.2) is 10.8 Å². The second-order valence-electron chi connectivity index (χ2n) is 5.25. The van der Waals surface area contributed by atoms with E-state index in [1.165, 1.54) is 0 Å². The van der Waals surface area contributed by atoms with Gasteiger partial charge in [-0.25, -0.2) is 0 Å². The summed E-state index contributed by atoms with van der Waals surface area (Å²) in [6.45, 7) is 10.2. The monoisotopic (exact) mass is 376 g/mol. The molecule has 0 atom stereocenters. The fraction of sp³-hybridized carbons (Fsp3) is 0.778. The molecule has 1 aromatic rings. The Kier molecular flexibility index (Phi) is 14.7. The summed E-state index contributed by atoms with van der Waals surface area (Å²) >= 11 is 1.55. The number of hydrogen-bond donors (Lipinski definition) is 0. The third-order valence-corrected chi connectivity index (χ3v) is 3.70. The van der Waals surface area contributed by atoms with Gasteiger partial charge < -0.3 is 28.4 Å². The lowest BCUT2D eigenvalue weighted by molar-refractivity contribution is 0.0335. The van der Waals surface area contributed by atoms with Crippen molar-refractivity contribution in [1.82, 2.24) is 0 Å². The van der Waals surface area contributed by atoms with Gasteiger partial charge in [0.05, 0.1) is 39.6 Å². The number of hydrogen-bond acceptors (Lipinski definition) is 7. The Bertz CT molecular complexity index is 364. The first kappa shape index (κ1) is 22.2. The molecule has 0 aliphatic carbocycles. The molecular weight excluding hydrogens is 344 g/mol. The Morgan fingerprint density at radius 3 is 1.32 bits per heavy atom. The van der Waals surface area contributed by atoms with Crippen LogP contribution >= 0.6 is 11.3 Å². The highest BCUT2D eigenvalue weighted by molar-refractivity contribution is 7.08. The summed E-state index contributed by atoms with van der Waals surface area (Å²) in [4.78, 5) is 0. The zero-order chi connectivity index (χ0) is 18.0. The quantitative estimate of drug-likeness (QED) is 0.366. The van der Waals surface area contributed by atoms with E-state index >= 15 is 0 Å². The zero-order valence-corrected chi connectivity index (χ0v) is 16.3. The summed E-state index contributed by atoms with van der Waals surface area (Å²) in [5, 5.41) is 3.86. The van der Waals surface area contributed by atoms with Gasteiger partial charge in [-0.3, -0.25) is 0 Å². The van der Waals surface area contributed by atoms with Gasteiger partial charge in [0.25, 0.3) is 0 Å². The molecule has 7 heteroatoms. The van der Waals surface area contributed by atoms with Crippen molar-refractivity contribution in [3.63, 3.8) is 0 Å². The Hall–Kier alpha value is -0.860. The van der Waals surface area contributed by atoms with E-state index in [-0.39, 0.29) is 0 Å². The van der Waals surface area contributed by atoms with Crippen LogP contribution in [0.3, 0.4) is 0 Å². The molecule has 0 N–H and O–H groups in total. The lowest BCUT2D eigenvalue weighted by atomic mass is 10.5. The first-order chi connectivity index (χ1) is 12.4. The lowest BCUT2D eigenvalue weighted by Crippen LogP contribution is -2.12. The van der Waals surface area contributed by atoms with Crippen LogP contribution in [0.2, 0.25) is 0 Å². The van der Waals surface area contributed by atoms with Gasteiger partial charge in [-0.1, -0.05) is 13.8 Å². The first-order valence-electron chi connectivity index (χ1n) is 9.01. The molecule has 0 fully saturated rings. The summed E-state index contributed by atoms with van der Waals surface area (Å²) < 4.78 is 33.0. The van der Waals surface area contributed by atoms with Gasteiger partial charge in [0, 0.05) is 24.0 Å². The predicted molar refractivity (Wildman–Crippen MR) is 99.2 cm³/mol. The van der Waals surface area contributed by atoms with Crippen LogP contribution in [0.4, 0.5) is 0 Å². The van der Waals surface area contributed by atoms with Crippen LogP contribution in [-0.4, -0.2) is 66.1 Å². The highest BCUT2D eigenvalue weighted by Crippen LogP contribution is 2.31. The topological polar surface area (TPSA) is 55.4 Å². The second-order valence-corrected chi connectivity index (χ2v) is 5.99. The predicted octanol–water partition coefficient (Wildman–Crippen LogP) is 3.39. The van der Waals surface area contributed by atoms with Gasteiger partial charge >= 0.3 is 0 Å². The number of thiophene rings is 1. The van der Waals surface area contributed by atoms with Gasteiger partial charge in [0.1, 0.15) is 13.2 Å². The Morgan fingerprint density at radius 1 is 0.560 bits per heavy atom. The molecule has 0 unspecified atom stereocenters. The lowest BCUT2D eigenvalue weighted by Gasteiger charge is -2.10. The van der Waals surface area contributed by atoms with E-state index in [1.54, 1.807) is 11.3 Å². The highest BCUT2D eigenvalue weighted by Gasteiger charge is 2.06. The van der Waals surface area contributed by atoms with E-state index < -0.39 is 0 Å². The number of ether oxygens (including phenoxy) is 6. The summed E-state index contributed by atoms with van der Waals surface area (Å²) in [5.41, 5.74) is 0. The normalized spacial score (nSPS) is 11.0. The van der Waals surface area contributed by atoms with E-state index in [0.29, 0.717) is 52.9 Å². The molecule has 146 valence electrons. The minimum Gasteiger partial charge on any atom is -0.486 e. The van der Waals surface area contributed by atoms with Crippen molar-refractivity contribution >= 4 is 11.3 Å².